The lowest BCUT2D eigenvalue weighted by atomic mass is 10.1. The van der Waals surface area contributed by atoms with Crippen LogP contribution in [-0.4, -0.2) is 29.9 Å². The highest BCUT2D eigenvalue weighted by atomic mass is 32.2. The summed E-state index contributed by atoms with van der Waals surface area (Å²) < 4.78 is 24.3. The monoisotopic (exact) mass is 319 g/mol. The molecule has 0 fully saturated rings. The van der Waals surface area contributed by atoms with Crippen molar-refractivity contribution in [2.75, 3.05) is 11.1 Å². The van der Waals surface area contributed by atoms with Gasteiger partial charge >= 0.3 is 0 Å². The zero-order valence-corrected chi connectivity index (χ0v) is 13.0. The molecule has 22 heavy (non-hydrogen) atoms. The molecule has 0 aliphatic heterocycles. The summed E-state index contributed by atoms with van der Waals surface area (Å²) in [5, 5.41) is 7.72. The number of amides is 1. The number of nitrogens with zero attached hydrogens (tertiary/aromatic N) is 2. The van der Waals surface area contributed by atoms with Crippen molar-refractivity contribution in [2.45, 2.75) is 6.42 Å². The largest absolute Gasteiger partial charge is 0.309 e. The maximum absolute atomic E-state index is 11.9. The van der Waals surface area contributed by atoms with Crippen molar-refractivity contribution in [1.29, 1.82) is 0 Å². The van der Waals surface area contributed by atoms with Crippen LogP contribution in [0.15, 0.2) is 48.5 Å². The van der Waals surface area contributed by atoms with E-state index in [1.54, 1.807) is 17.9 Å². The fourth-order valence-corrected chi connectivity index (χ4v) is 2.56. The summed E-state index contributed by atoms with van der Waals surface area (Å²) in [5.41, 5.74) is 1.70. The summed E-state index contributed by atoms with van der Waals surface area (Å²) in [6.07, 6.45) is 1.66. The van der Waals surface area contributed by atoms with Crippen molar-refractivity contribution < 1.29 is 13.2 Å². The van der Waals surface area contributed by atoms with E-state index in [2.05, 4.69) is 17.0 Å². The van der Waals surface area contributed by atoms with E-state index in [4.69, 9.17) is 0 Å². The fraction of sp³-hybridized carbons (Fsp3) is 0.200. The topological polar surface area (TPSA) is 81.1 Å². The van der Waals surface area contributed by atoms with Gasteiger partial charge < -0.3 is 5.32 Å². The van der Waals surface area contributed by atoms with Crippen LogP contribution in [0.5, 0.6) is 0 Å². The molecule has 0 aliphatic carbocycles. The van der Waals surface area contributed by atoms with E-state index in [0.29, 0.717) is 5.82 Å². The number of benzene rings is 1. The van der Waals surface area contributed by atoms with Crippen LogP contribution in [0.4, 0.5) is 5.82 Å². The molecule has 7 heteroatoms. The zero-order chi connectivity index (χ0) is 16.2. The highest BCUT2D eigenvalue weighted by Gasteiger charge is 2.14. The lowest BCUT2D eigenvalue weighted by molar-refractivity contribution is -0.115. The van der Waals surface area contributed by atoms with Gasteiger partial charge in [-0.05, 0) is 5.56 Å². The first-order valence-corrected chi connectivity index (χ1v) is 8.37. The Morgan fingerprint density at radius 2 is 2.05 bits per heavy atom. The summed E-state index contributed by atoms with van der Waals surface area (Å²) in [7, 11) is -1.63. The lowest BCUT2D eigenvalue weighted by Gasteiger charge is -2.05. The Balaban J connectivity index is 2.14. The van der Waals surface area contributed by atoms with Crippen molar-refractivity contribution in [3.8, 4) is 11.1 Å². The predicted octanol–water partition coefficient (Wildman–Crippen LogP) is 1.97. The zero-order valence-electron chi connectivity index (χ0n) is 12.2. The van der Waals surface area contributed by atoms with Gasteiger partial charge in [-0.15, -0.1) is 0 Å². The maximum atomic E-state index is 11.9. The summed E-state index contributed by atoms with van der Waals surface area (Å²) in [5.74, 6) is -0.258. The van der Waals surface area contributed by atoms with Gasteiger partial charge in [-0.25, -0.2) is 8.42 Å². The predicted molar refractivity (Wildman–Crippen MR) is 85.9 cm³/mol. The highest BCUT2D eigenvalue weighted by molar-refractivity contribution is 7.94. The minimum absolute atomic E-state index is 0.140. The van der Waals surface area contributed by atoms with E-state index in [9.17, 15) is 13.2 Å². The number of anilines is 1. The second-order valence-electron chi connectivity index (χ2n) is 4.76. The summed E-state index contributed by atoms with van der Waals surface area (Å²) in [6, 6.07) is 9.51. The van der Waals surface area contributed by atoms with Crippen LogP contribution in [0.2, 0.25) is 0 Å². The molecule has 0 unspecified atom stereocenters. The molecule has 0 bridgehead atoms. The van der Waals surface area contributed by atoms with E-state index >= 15 is 0 Å². The van der Waals surface area contributed by atoms with Crippen LogP contribution in [-0.2, 0) is 21.7 Å². The van der Waals surface area contributed by atoms with Crippen molar-refractivity contribution in [2.24, 2.45) is 7.05 Å². The van der Waals surface area contributed by atoms with Gasteiger partial charge in [0.05, 0.1) is 5.75 Å². The van der Waals surface area contributed by atoms with Crippen LogP contribution < -0.4 is 5.32 Å². The second kappa shape index (κ2) is 6.57. The highest BCUT2D eigenvalue weighted by Crippen LogP contribution is 2.26. The standard InChI is InChI=1S/C15H17N3O3S/c1-3-22(20,21)10-9-14(19)16-15-13(11-18(2)17-15)12-7-5-4-6-8-12/h3-8,11H,1,9-10H2,2H3,(H,16,17,19). The number of carbonyl (C=O) groups is 1. The van der Waals surface area contributed by atoms with E-state index in [-0.39, 0.29) is 12.2 Å². The minimum atomic E-state index is -3.39. The number of nitrogens with one attached hydrogen (secondary N) is 1. The maximum Gasteiger partial charge on any atom is 0.226 e. The van der Waals surface area contributed by atoms with E-state index in [1.807, 2.05) is 30.3 Å². The van der Waals surface area contributed by atoms with Gasteiger partial charge in [-0.1, -0.05) is 36.9 Å². The summed E-state index contributed by atoms with van der Waals surface area (Å²) in [6.45, 7) is 3.22. The summed E-state index contributed by atoms with van der Waals surface area (Å²) in [4.78, 5) is 11.9. The smallest absolute Gasteiger partial charge is 0.226 e. The normalized spacial score (nSPS) is 11.1. The number of aryl methyl sites for hydroxylation is 1. The Bertz CT molecular complexity index is 780. The number of rotatable bonds is 6. The number of aromatic nitrogens is 2. The van der Waals surface area contributed by atoms with Crippen LogP contribution in [0.1, 0.15) is 6.42 Å². The molecule has 6 nitrogen and oxygen atoms in total. The first-order valence-electron chi connectivity index (χ1n) is 6.65. The molecule has 2 rings (SSSR count). The van der Waals surface area contributed by atoms with Crippen LogP contribution in [0.25, 0.3) is 11.1 Å². The molecular formula is C15H17N3O3S. The Morgan fingerprint density at radius 1 is 1.36 bits per heavy atom. The first kappa shape index (κ1) is 16.0. The third-order valence-corrected chi connectivity index (χ3v) is 4.32. The number of sulfone groups is 1. The van der Waals surface area contributed by atoms with Crippen LogP contribution >= 0.6 is 0 Å². The first-order chi connectivity index (χ1) is 10.4. The lowest BCUT2D eigenvalue weighted by Crippen LogP contribution is -2.17. The SMILES string of the molecule is C=CS(=O)(=O)CCC(=O)Nc1nn(C)cc1-c1ccccc1. The van der Waals surface area contributed by atoms with Gasteiger partial charge in [-0.3, -0.25) is 9.48 Å². The molecule has 0 spiro atoms. The molecule has 0 saturated heterocycles. The van der Waals surface area contributed by atoms with Gasteiger partial charge in [0.25, 0.3) is 0 Å². The molecule has 1 aromatic heterocycles. The molecule has 2 aromatic rings. The third kappa shape index (κ3) is 4.05. The molecule has 0 radical (unpaired) electrons. The van der Waals surface area contributed by atoms with Crippen LogP contribution in [0.3, 0.4) is 0 Å². The number of carbonyl (C=O) groups excluding carboxylic acids is 1. The Labute approximate surface area is 129 Å². The van der Waals surface area contributed by atoms with Crippen LogP contribution in [0, 0.1) is 0 Å². The molecule has 0 atom stereocenters. The molecule has 116 valence electrons. The average molecular weight is 319 g/mol. The van der Waals surface area contributed by atoms with E-state index < -0.39 is 15.7 Å². The fourth-order valence-electron chi connectivity index (χ4n) is 1.92. The molecule has 1 aromatic carbocycles. The van der Waals surface area contributed by atoms with Gasteiger partial charge in [-0.2, -0.15) is 5.10 Å². The number of hydrogen-bond acceptors (Lipinski definition) is 4. The van der Waals surface area contributed by atoms with Gasteiger partial charge in [0, 0.05) is 30.6 Å². The van der Waals surface area contributed by atoms with Crippen molar-refractivity contribution >= 4 is 21.6 Å². The van der Waals surface area contributed by atoms with Gasteiger partial charge in [0.2, 0.25) is 5.91 Å². The Morgan fingerprint density at radius 3 is 2.68 bits per heavy atom. The van der Waals surface area contributed by atoms with Crippen molar-refractivity contribution in [3.05, 3.63) is 48.5 Å². The van der Waals surface area contributed by atoms with Crippen molar-refractivity contribution in [1.82, 2.24) is 9.78 Å². The van der Waals surface area contributed by atoms with E-state index in [1.165, 1.54) is 0 Å². The van der Waals surface area contributed by atoms with E-state index in [0.717, 1.165) is 16.5 Å². The summed E-state index contributed by atoms with van der Waals surface area (Å²) >= 11 is 0. The average Bonchev–Trinajstić information content (AvgIpc) is 2.87. The molecular weight excluding hydrogens is 302 g/mol. The minimum Gasteiger partial charge on any atom is -0.309 e. The molecule has 0 saturated carbocycles. The van der Waals surface area contributed by atoms with Crippen molar-refractivity contribution in [3.63, 3.8) is 0 Å². The Kier molecular flexibility index (Phi) is 4.77. The molecule has 1 heterocycles. The Hall–Kier alpha value is -2.41. The second-order valence-corrected chi connectivity index (χ2v) is 6.83. The molecule has 0 aliphatic rings. The quantitative estimate of drug-likeness (QED) is 0.882. The van der Waals surface area contributed by atoms with Gasteiger partial charge in [0.1, 0.15) is 0 Å². The molecule has 1 N–H and O–H groups in total. The number of hydrogen-bond donors (Lipinski definition) is 1. The van der Waals surface area contributed by atoms with Gasteiger partial charge in [0.15, 0.2) is 15.7 Å². The third-order valence-electron chi connectivity index (χ3n) is 3.04. The molecule has 1 amide bonds.